The molecular formula is C21H27NO3. The molecule has 0 spiro atoms. The van der Waals surface area contributed by atoms with E-state index in [1.165, 1.54) is 0 Å². The lowest BCUT2D eigenvalue weighted by atomic mass is 9.74. The van der Waals surface area contributed by atoms with Crippen LogP contribution in [-0.4, -0.2) is 16.8 Å². The smallest absolute Gasteiger partial charge is 0.249 e. The highest BCUT2D eigenvalue weighted by atomic mass is 16.3. The third-order valence-electron chi connectivity index (χ3n) is 5.78. The van der Waals surface area contributed by atoms with Crippen LogP contribution in [-0.2, 0) is 10.4 Å². The SMILES string of the molecule is CC1(C)CC=C(c2cc(C3(O)CCC(=O)CC3)ccc2C(N)=O)CC1. The molecule has 0 heterocycles. The van der Waals surface area contributed by atoms with Crippen molar-refractivity contribution in [2.75, 3.05) is 0 Å². The Labute approximate surface area is 149 Å². The maximum absolute atomic E-state index is 11.9. The zero-order chi connectivity index (χ0) is 18.2. The minimum Gasteiger partial charge on any atom is -0.385 e. The molecule has 1 aromatic carbocycles. The van der Waals surface area contributed by atoms with Crippen LogP contribution in [0, 0.1) is 5.41 Å². The summed E-state index contributed by atoms with van der Waals surface area (Å²) < 4.78 is 0. The van der Waals surface area contributed by atoms with Crippen molar-refractivity contribution in [3.63, 3.8) is 0 Å². The zero-order valence-electron chi connectivity index (χ0n) is 15.1. The lowest BCUT2D eigenvalue weighted by Gasteiger charge is -2.33. The first kappa shape index (κ1) is 17.9. The Morgan fingerprint density at radius 3 is 2.36 bits per heavy atom. The van der Waals surface area contributed by atoms with Crippen LogP contribution in [0.3, 0.4) is 0 Å². The van der Waals surface area contributed by atoms with E-state index in [9.17, 15) is 14.7 Å². The fourth-order valence-electron chi connectivity index (χ4n) is 3.87. The minimum absolute atomic E-state index is 0.205. The number of carbonyl (C=O) groups is 2. The molecule has 0 bridgehead atoms. The average Bonchev–Trinajstić information content (AvgIpc) is 2.57. The van der Waals surface area contributed by atoms with Crippen LogP contribution in [0.2, 0.25) is 0 Å². The Morgan fingerprint density at radius 1 is 1.12 bits per heavy atom. The van der Waals surface area contributed by atoms with Gasteiger partial charge in [-0.3, -0.25) is 9.59 Å². The Bertz CT molecular complexity index is 736. The van der Waals surface area contributed by atoms with Crippen molar-refractivity contribution in [3.8, 4) is 0 Å². The Kier molecular flexibility index (Phi) is 4.58. The number of benzene rings is 1. The molecule has 1 amide bonds. The van der Waals surface area contributed by atoms with Crippen LogP contribution in [0.4, 0.5) is 0 Å². The summed E-state index contributed by atoms with van der Waals surface area (Å²) in [5.41, 5.74) is 8.12. The van der Waals surface area contributed by atoms with Gasteiger partial charge in [0.25, 0.3) is 0 Å². The van der Waals surface area contributed by atoms with E-state index < -0.39 is 11.5 Å². The molecule has 0 aliphatic heterocycles. The maximum atomic E-state index is 11.9. The number of rotatable bonds is 3. The van der Waals surface area contributed by atoms with Crippen LogP contribution in [0.25, 0.3) is 5.57 Å². The van der Waals surface area contributed by atoms with Gasteiger partial charge in [-0.25, -0.2) is 0 Å². The second kappa shape index (κ2) is 6.41. The van der Waals surface area contributed by atoms with Crippen molar-refractivity contribution in [2.24, 2.45) is 11.1 Å². The number of nitrogens with two attached hydrogens (primary N) is 1. The third-order valence-corrected chi connectivity index (χ3v) is 5.78. The number of aliphatic hydroxyl groups is 1. The van der Waals surface area contributed by atoms with E-state index in [1.807, 2.05) is 6.07 Å². The highest BCUT2D eigenvalue weighted by Crippen LogP contribution is 2.41. The standard InChI is InChI=1S/C21H27NO3/c1-20(2)9-5-14(6-10-20)18-13-15(3-4-17(18)19(22)24)21(25)11-7-16(23)8-12-21/h3-5,13,25H,6-12H2,1-2H3,(H2,22,24). The molecule has 134 valence electrons. The first-order valence-corrected chi connectivity index (χ1v) is 9.08. The third kappa shape index (κ3) is 3.69. The first-order chi connectivity index (χ1) is 11.7. The number of primary amides is 1. The summed E-state index contributed by atoms with van der Waals surface area (Å²) in [7, 11) is 0. The maximum Gasteiger partial charge on any atom is 0.249 e. The Balaban J connectivity index is 2.00. The fourth-order valence-corrected chi connectivity index (χ4v) is 3.87. The van der Waals surface area contributed by atoms with Gasteiger partial charge in [0.05, 0.1) is 5.60 Å². The van der Waals surface area contributed by atoms with E-state index >= 15 is 0 Å². The topological polar surface area (TPSA) is 80.4 Å². The van der Waals surface area contributed by atoms with E-state index in [1.54, 1.807) is 12.1 Å². The molecule has 1 aromatic rings. The normalized spacial score (nSPS) is 22.4. The van der Waals surface area contributed by atoms with E-state index in [0.29, 0.717) is 31.2 Å². The van der Waals surface area contributed by atoms with Gasteiger partial charge in [0.15, 0.2) is 0 Å². The largest absolute Gasteiger partial charge is 0.385 e. The van der Waals surface area contributed by atoms with Crippen LogP contribution in [0.15, 0.2) is 24.3 Å². The average molecular weight is 341 g/mol. The second-order valence-electron chi connectivity index (χ2n) is 8.29. The van der Waals surface area contributed by atoms with Gasteiger partial charge in [-0.05, 0) is 66.4 Å². The summed E-state index contributed by atoms with van der Waals surface area (Å²) in [5, 5.41) is 11.0. The summed E-state index contributed by atoms with van der Waals surface area (Å²) in [5.74, 6) is -0.242. The predicted molar refractivity (Wildman–Crippen MR) is 97.9 cm³/mol. The number of Topliss-reactive ketones (excluding diaryl/α,β-unsaturated/α-hetero) is 1. The van der Waals surface area contributed by atoms with Crippen LogP contribution >= 0.6 is 0 Å². The summed E-state index contributed by atoms with van der Waals surface area (Å²) >= 11 is 0. The molecule has 25 heavy (non-hydrogen) atoms. The zero-order valence-corrected chi connectivity index (χ0v) is 15.1. The molecule has 4 nitrogen and oxygen atoms in total. The van der Waals surface area contributed by atoms with E-state index in [4.69, 9.17) is 5.73 Å². The van der Waals surface area contributed by atoms with Crippen LogP contribution < -0.4 is 5.73 Å². The number of carbonyl (C=O) groups excluding carboxylic acids is 2. The highest BCUT2D eigenvalue weighted by molar-refractivity contribution is 5.98. The molecule has 2 aliphatic rings. The number of amides is 1. The number of ketones is 1. The molecule has 1 fully saturated rings. The first-order valence-electron chi connectivity index (χ1n) is 9.08. The van der Waals surface area contributed by atoms with Gasteiger partial charge in [0.1, 0.15) is 5.78 Å². The van der Waals surface area contributed by atoms with Crippen molar-refractivity contribution in [1.29, 1.82) is 0 Å². The van der Waals surface area contributed by atoms with Crippen molar-refractivity contribution in [1.82, 2.24) is 0 Å². The van der Waals surface area contributed by atoms with Gasteiger partial charge >= 0.3 is 0 Å². The van der Waals surface area contributed by atoms with Gasteiger partial charge in [-0.1, -0.05) is 26.0 Å². The summed E-state index contributed by atoms with van der Waals surface area (Å²) in [4.78, 5) is 23.4. The van der Waals surface area contributed by atoms with Gasteiger partial charge in [0, 0.05) is 18.4 Å². The second-order valence-corrected chi connectivity index (χ2v) is 8.29. The number of allylic oxidation sites excluding steroid dienone is 2. The van der Waals surface area contributed by atoms with Crippen molar-refractivity contribution < 1.29 is 14.7 Å². The van der Waals surface area contributed by atoms with Crippen LogP contribution in [0.1, 0.15) is 80.3 Å². The van der Waals surface area contributed by atoms with Gasteiger partial charge in [-0.15, -0.1) is 0 Å². The van der Waals surface area contributed by atoms with Crippen molar-refractivity contribution in [3.05, 3.63) is 41.0 Å². The molecule has 3 N–H and O–H groups in total. The van der Waals surface area contributed by atoms with Crippen molar-refractivity contribution >= 4 is 17.3 Å². The number of hydrogen-bond acceptors (Lipinski definition) is 3. The van der Waals surface area contributed by atoms with E-state index in [-0.39, 0.29) is 11.2 Å². The van der Waals surface area contributed by atoms with E-state index in [0.717, 1.165) is 36.0 Å². The molecule has 1 saturated carbocycles. The summed E-state index contributed by atoms with van der Waals surface area (Å²) in [6.07, 6.45) is 6.79. The molecular weight excluding hydrogens is 314 g/mol. The lowest BCUT2D eigenvalue weighted by Crippen LogP contribution is -2.32. The molecule has 0 aromatic heterocycles. The molecule has 0 unspecified atom stereocenters. The molecule has 0 radical (unpaired) electrons. The quantitative estimate of drug-likeness (QED) is 0.879. The van der Waals surface area contributed by atoms with Crippen molar-refractivity contribution in [2.45, 2.75) is 64.4 Å². The Morgan fingerprint density at radius 2 is 1.80 bits per heavy atom. The number of hydrogen-bond donors (Lipinski definition) is 2. The monoisotopic (exact) mass is 341 g/mol. The molecule has 0 saturated heterocycles. The molecule has 3 rings (SSSR count). The highest BCUT2D eigenvalue weighted by Gasteiger charge is 2.35. The predicted octanol–water partition coefficient (Wildman–Crippen LogP) is 3.71. The Hall–Kier alpha value is -1.94. The molecule has 0 atom stereocenters. The summed E-state index contributed by atoms with van der Waals surface area (Å²) in [6.45, 7) is 4.49. The minimum atomic E-state index is -0.993. The summed E-state index contributed by atoms with van der Waals surface area (Å²) in [6, 6.07) is 5.43. The molecule has 2 aliphatic carbocycles. The fraction of sp³-hybridized carbons (Fsp3) is 0.524. The molecule has 4 heteroatoms. The lowest BCUT2D eigenvalue weighted by molar-refractivity contribution is -0.125. The van der Waals surface area contributed by atoms with Gasteiger partial charge < -0.3 is 10.8 Å². The van der Waals surface area contributed by atoms with Crippen LogP contribution in [0.5, 0.6) is 0 Å². The van der Waals surface area contributed by atoms with Gasteiger partial charge in [-0.2, -0.15) is 0 Å². The van der Waals surface area contributed by atoms with Gasteiger partial charge in [0.2, 0.25) is 5.91 Å². The van der Waals surface area contributed by atoms with E-state index in [2.05, 4.69) is 19.9 Å².